The zero-order valence-corrected chi connectivity index (χ0v) is 7.03. The maximum atomic E-state index is 10.8. The Kier molecular flexibility index (Phi) is 1.91. The summed E-state index contributed by atoms with van der Waals surface area (Å²) in [4.78, 5) is 0. The number of hydrogen-bond acceptors (Lipinski definition) is 1. The van der Waals surface area contributed by atoms with Crippen molar-refractivity contribution in [2.24, 2.45) is 0 Å². The topological polar surface area (TPSA) is 40.1 Å². The van der Waals surface area contributed by atoms with Crippen LogP contribution in [0.2, 0.25) is 0 Å². The molecule has 0 amide bonds. The molecule has 0 saturated heterocycles. The molecule has 0 heterocycles. The molecule has 2 aromatic carbocycles. The van der Waals surface area contributed by atoms with Gasteiger partial charge in [-0.05, 0) is 17.0 Å². The van der Waals surface area contributed by atoms with Crippen LogP contribution in [0.15, 0.2) is 36.4 Å². The van der Waals surface area contributed by atoms with Crippen LogP contribution in [0.25, 0.3) is 10.8 Å². The fourth-order valence-corrected chi connectivity index (χ4v) is 1.47. The van der Waals surface area contributed by atoms with E-state index in [9.17, 15) is 10.2 Å². The SMILES string of the molecule is [O]Cc1ccc(O)c2ccccc12. The lowest BCUT2D eigenvalue weighted by Gasteiger charge is -2.04. The van der Waals surface area contributed by atoms with Crippen LogP contribution in [-0.2, 0) is 11.7 Å². The number of rotatable bonds is 1. The molecule has 0 unspecified atom stereocenters. The van der Waals surface area contributed by atoms with Crippen molar-refractivity contribution in [3.8, 4) is 5.75 Å². The second-order valence-corrected chi connectivity index (χ2v) is 2.93. The molecule has 65 valence electrons. The molecule has 0 aliphatic carbocycles. The monoisotopic (exact) mass is 173 g/mol. The molecule has 1 radical (unpaired) electrons. The summed E-state index contributed by atoms with van der Waals surface area (Å²) in [5, 5.41) is 21.9. The van der Waals surface area contributed by atoms with E-state index in [0.29, 0.717) is 0 Å². The smallest absolute Gasteiger partial charge is 0.123 e. The van der Waals surface area contributed by atoms with Gasteiger partial charge in [-0.1, -0.05) is 30.3 Å². The first-order chi connectivity index (χ1) is 6.33. The van der Waals surface area contributed by atoms with E-state index in [0.717, 1.165) is 16.3 Å². The van der Waals surface area contributed by atoms with Crippen molar-refractivity contribution in [2.75, 3.05) is 0 Å². The summed E-state index contributed by atoms with van der Waals surface area (Å²) in [6.07, 6.45) is 0. The van der Waals surface area contributed by atoms with Gasteiger partial charge in [0.05, 0.1) is 0 Å². The van der Waals surface area contributed by atoms with Crippen molar-refractivity contribution in [1.82, 2.24) is 0 Å². The normalized spacial score (nSPS) is 10.5. The molecule has 0 bridgehead atoms. The first-order valence-electron chi connectivity index (χ1n) is 4.10. The molecular weight excluding hydrogens is 164 g/mol. The van der Waals surface area contributed by atoms with Crippen molar-refractivity contribution in [1.29, 1.82) is 0 Å². The summed E-state index contributed by atoms with van der Waals surface area (Å²) in [7, 11) is 0. The molecule has 2 rings (SSSR count). The highest BCUT2D eigenvalue weighted by atomic mass is 16.3. The summed E-state index contributed by atoms with van der Waals surface area (Å²) in [6.45, 7) is -0.249. The van der Waals surface area contributed by atoms with Gasteiger partial charge in [-0.3, -0.25) is 0 Å². The molecular formula is C11H9O2. The lowest BCUT2D eigenvalue weighted by atomic mass is 10.0. The molecule has 0 aliphatic rings. The van der Waals surface area contributed by atoms with E-state index in [1.807, 2.05) is 24.3 Å². The largest absolute Gasteiger partial charge is 0.507 e. The van der Waals surface area contributed by atoms with Gasteiger partial charge in [0.1, 0.15) is 12.4 Å². The zero-order chi connectivity index (χ0) is 9.26. The standard InChI is InChI=1S/C11H9O2/c12-7-8-5-6-11(13)10-4-2-1-3-9(8)10/h1-6,13H,7H2. The van der Waals surface area contributed by atoms with Gasteiger partial charge in [-0.15, -0.1) is 0 Å². The fourth-order valence-electron chi connectivity index (χ4n) is 1.47. The summed E-state index contributed by atoms with van der Waals surface area (Å²) in [6, 6.07) is 10.6. The summed E-state index contributed by atoms with van der Waals surface area (Å²) in [5.74, 6) is 0.229. The number of benzene rings is 2. The number of phenols is 1. The molecule has 0 aromatic heterocycles. The minimum atomic E-state index is -0.249. The average Bonchev–Trinajstić information content (AvgIpc) is 2.19. The Balaban J connectivity index is 2.84. The van der Waals surface area contributed by atoms with Gasteiger partial charge in [0, 0.05) is 5.39 Å². The van der Waals surface area contributed by atoms with Gasteiger partial charge in [0.2, 0.25) is 0 Å². The maximum absolute atomic E-state index is 10.8. The van der Waals surface area contributed by atoms with E-state index < -0.39 is 0 Å². The van der Waals surface area contributed by atoms with Crippen molar-refractivity contribution < 1.29 is 10.2 Å². The highest BCUT2D eigenvalue weighted by Gasteiger charge is 2.02. The third-order valence-corrected chi connectivity index (χ3v) is 2.15. The summed E-state index contributed by atoms with van der Waals surface area (Å²) in [5.41, 5.74) is 0.730. The Bertz CT molecular complexity index is 435. The maximum Gasteiger partial charge on any atom is 0.123 e. The van der Waals surface area contributed by atoms with Crippen molar-refractivity contribution in [2.45, 2.75) is 6.61 Å². The van der Waals surface area contributed by atoms with E-state index in [1.54, 1.807) is 12.1 Å². The van der Waals surface area contributed by atoms with Crippen LogP contribution in [0.3, 0.4) is 0 Å². The van der Waals surface area contributed by atoms with Crippen LogP contribution in [-0.4, -0.2) is 5.11 Å². The van der Waals surface area contributed by atoms with E-state index >= 15 is 0 Å². The Morgan fingerprint density at radius 2 is 1.69 bits per heavy atom. The molecule has 13 heavy (non-hydrogen) atoms. The quantitative estimate of drug-likeness (QED) is 0.707. The minimum Gasteiger partial charge on any atom is -0.507 e. The fraction of sp³-hybridized carbons (Fsp3) is 0.0909. The third-order valence-electron chi connectivity index (χ3n) is 2.15. The molecule has 1 N–H and O–H groups in total. The molecule has 2 nitrogen and oxygen atoms in total. The minimum absolute atomic E-state index is 0.229. The van der Waals surface area contributed by atoms with E-state index in [-0.39, 0.29) is 12.4 Å². The van der Waals surface area contributed by atoms with Crippen molar-refractivity contribution >= 4 is 10.8 Å². The van der Waals surface area contributed by atoms with E-state index in [1.165, 1.54) is 0 Å². The highest BCUT2D eigenvalue weighted by Crippen LogP contribution is 2.27. The van der Waals surface area contributed by atoms with E-state index in [4.69, 9.17) is 0 Å². The summed E-state index contributed by atoms with van der Waals surface area (Å²) < 4.78 is 0. The predicted molar refractivity (Wildman–Crippen MR) is 50.0 cm³/mol. The Labute approximate surface area is 76.1 Å². The molecule has 0 aliphatic heterocycles. The van der Waals surface area contributed by atoms with Crippen LogP contribution in [0, 0.1) is 0 Å². The molecule has 0 saturated carbocycles. The van der Waals surface area contributed by atoms with Crippen LogP contribution in [0.5, 0.6) is 5.75 Å². The van der Waals surface area contributed by atoms with Crippen molar-refractivity contribution in [3.63, 3.8) is 0 Å². The first kappa shape index (κ1) is 8.08. The average molecular weight is 173 g/mol. The second kappa shape index (κ2) is 3.07. The summed E-state index contributed by atoms with van der Waals surface area (Å²) >= 11 is 0. The van der Waals surface area contributed by atoms with Gasteiger partial charge in [-0.25, -0.2) is 5.11 Å². The molecule has 2 aromatic rings. The van der Waals surface area contributed by atoms with Crippen LogP contribution < -0.4 is 0 Å². The van der Waals surface area contributed by atoms with Crippen LogP contribution in [0.4, 0.5) is 0 Å². The van der Waals surface area contributed by atoms with Gasteiger partial charge < -0.3 is 5.11 Å². The second-order valence-electron chi connectivity index (χ2n) is 2.93. The molecule has 0 fully saturated rings. The lowest BCUT2D eigenvalue weighted by Crippen LogP contribution is -1.84. The third kappa shape index (κ3) is 1.25. The number of hydrogen-bond donors (Lipinski definition) is 1. The molecule has 0 spiro atoms. The van der Waals surface area contributed by atoms with Gasteiger partial charge in [-0.2, -0.15) is 0 Å². The van der Waals surface area contributed by atoms with Gasteiger partial charge in [0.15, 0.2) is 0 Å². The number of phenolic OH excluding ortho intramolecular Hbond substituents is 1. The first-order valence-corrected chi connectivity index (χ1v) is 4.10. The Morgan fingerprint density at radius 3 is 2.38 bits per heavy atom. The predicted octanol–water partition coefficient (Wildman–Crippen LogP) is 2.48. The van der Waals surface area contributed by atoms with Gasteiger partial charge in [0.25, 0.3) is 0 Å². The van der Waals surface area contributed by atoms with E-state index in [2.05, 4.69) is 0 Å². The highest BCUT2D eigenvalue weighted by molar-refractivity contribution is 5.90. The lowest BCUT2D eigenvalue weighted by molar-refractivity contribution is 0.179. The Morgan fingerprint density at radius 1 is 1.00 bits per heavy atom. The number of aromatic hydroxyl groups is 1. The Hall–Kier alpha value is -1.54. The molecule has 2 heteroatoms. The molecule has 0 atom stereocenters. The van der Waals surface area contributed by atoms with Gasteiger partial charge >= 0.3 is 0 Å². The zero-order valence-electron chi connectivity index (χ0n) is 7.03. The number of fused-ring (bicyclic) bond motifs is 1. The van der Waals surface area contributed by atoms with Crippen LogP contribution in [0.1, 0.15) is 5.56 Å². The van der Waals surface area contributed by atoms with Crippen molar-refractivity contribution in [3.05, 3.63) is 42.0 Å². The van der Waals surface area contributed by atoms with Crippen LogP contribution >= 0.6 is 0 Å².